The van der Waals surface area contributed by atoms with Gasteiger partial charge in [-0.05, 0) is 25.7 Å². The Morgan fingerprint density at radius 1 is 1.47 bits per heavy atom. The lowest BCUT2D eigenvalue weighted by molar-refractivity contribution is -0.119. The summed E-state index contributed by atoms with van der Waals surface area (Å²) in [7, 11) is 4.06. The number of likely N-dealkylation sites (N-methyl/N-ethyl adjacent to an activating group) is 1. The Kier molecular flexibility index (Phi) is 3.33. The van der Waals surface area contributed by atoms with E-state index in [1.165, 1.54) is 5.56 Å². The number of primary amides is 1. The predicted molar refractivity (Wildman–Crippen MR) is 69.0 cm³/mol. The highest BCUT2D eigenvalue weighted by atomic mass is 16.1. The van der Waals surface area contributed by atoms with Crippen molar-refractivity contribution in [2.75, 3.05) is 32.1 Å². The number of benzene rings is 1. The van der Waals surface area contributed by atoms with Gasteiger partial charge >= 0.3 is 0 Å². The number of nitrogens with two attached hydrogens (primary N) is 1. The molecule has 1 heterocycles. The van der Waals surface area contributed by atoms with Gasteiger partial charge in [0.15, 0.2) is 0 Å². The minimum Gasteiger partial charge on any atom is -0.368 e. The second kappa shape index (κ2) is 4.75. The molecule has 92 valence electrons. The summed E-state index contributed by atoms with van der Waals surface area (Å²) in [6.45, 7) is 1.75. The number of carbonyl (C=O) groups is 1. The van der Waals surface area contributed by atoms with Crippen molar-refractivity contribution < 1.29 is 4.79 Å². The fourth-order valence-electron chi connectivity index (χ4n) is 2.29. The Hall–Kier alpha value is -1.55. The summed E-state index contributed by atoms with van der Waals surface area (Å²) < 4.78 is 0. The van der Waals surface area contributed by atoms with E-state index < -0.39 is 0 Å². The topological polar surface area (TPSA) is 49.6 Å². The number of hydrogen-bond acceptors (Lipinski definition) is 3. The number of rotatable bonds is 4. The molecule has 0 saturated heterocycles. The monoisotopic (exact) mass is 233 g/mol. The van der Waals surface area contributed by atoms with E-state index in [9.17, 15) is 4.79 Å². The van der Waals surface area contributed by atoms with Crippen molar-refractivity contribution in [2.24, 2.45) is 5.73 Å². The molecule has 0 bridgehead atoms. The maximum absolute atomic E-state index is 11.5. The lowest BCUT2D eigenvalue weighted by atomic mass is 10.1. The van der Waals surface area contributed by atoms with Crippen molar-refractivity contribution in [1.82, 2.24) is 4.90 Å². The van der Waals surface area contributed by atoms with Crippen LogP contribution in [0.2, 0.25) is 0 Å². The first-order valence-electron chi connectivity index (χ1n) is 5.88. The zero-order valence-corrected chi connectivity index (χ0v) is 10.4. The fraction of sp³-hybridized carbons (Fsp3) is 0.462. The van der Waals surface area contributed by atoms with E-state index in [0.29, 0.717) is 0 Å². The molecule has 2 rings (SSSR count). The SMILES string of the molecule is CN(C)CCN1c2ccccc2CC1C(N)=O. The molecule has 0 saturated carbocycles. The van der Waals surface area contributed by atoms with Crippen molar-refractivity contribution in [3.05, 3.63) is 29.8 Å². The standard InChI is InChI=1S/C13H19N3O/c1-15(2)7-8-16-11-6-4-3-5-10(11)9-12(16)13(14)17/h3-6,12H,7-9H2,1-2H3,(H2,14,17). The first-order chi connectivity index (χ1) is 8.09. The molecule has 1 aromatic rings. The van der Waals surface area contributed by atoms with Crippen LogP contribution in [0.1, 0.15) is 5.56 Å². The number of hydrogen-bond donors (Lipinski definition) is 1. The molecule has 4 nitrogen and oxygen atoms in total. The van der Waals surface area contributed by atoms with Crippen LogP contribution < -0.4 is 10.6 Å². The molecule has 1 aliphatic heterocycles. The fourth-order valence-corrected chi connectivity index (χ4v) is 2.29. The molecule has 17 heavy (non-hydrogen) atoms. The zero-order valence-electron chi connectivity index (χ0n) is 10.4. The second-order valence-corrected chi connectivity index (χ2v) is 4.75. The van der Waals surface area contributed by atoms with Gasteiger partial charge < -0.3 is 15.5 Å². The normalized spacial score (nSPS) is 18.5. The number of fused-ring (bicyclic) bond motifs is 1. The van der Waals surface area contributed by atoms with Crippen LogP contribution in [0.3, 0.4) is 0 Å². The summed E-state index contributed by atoms with van der Waals surface area (Å²) >= 11 is 0. The largest absolute Gasteiger partial charge is 0.368 e. The molecular weight excluding hydrogens is 214 g/mol. The molecular formula is C13H19N3O. The third-order valence-electron chi connectivity index (χ3n) is 3.21. The molecule has 4 heteroatoms. The first kappa shape index (κ1) is 11.9. The molecule has 0 spiro atoms. The highest BCUT2D eigenvalue weighted by molar-refractivity contribution is 5.86. The van der Waals surface area contributed by atoms with Crippen molar-refractivity contribution in [2.45, 2.75) is 12.5 Å². The Labute approximate surface area is 102 Å². The van der Waals surface area contributed by atoms with Crippen molar-refractivity contribution in [3.63, 3.8) is 0 Å². The number of para-hydroxylation sites is 1. The van der Waals surface area contributed by atoms with Gasteiger partial charge in [0.2, 0.25) is 5.91 Å². The summed E-state index contributed by atoms with van der Waals surface area (Å²) in [5, 5.41) is 0. The van der Waals surface area contributed by atoms with Crippen LogP contribution in [0.15, 0.2) is 24.3 Å². The number of nitrogens with zero attached hydrogens (tertiary/aromatic N) is 2. The van der Waals surface area contributed by atoms with Crippen LogP contribution in [0.4, 0.5) is 5.69 Å². The van der Waals surface area contributed by atoms with Crippen LogP contribution >= 0.6 is 0 Å². The van der Waals surface area contributed by atoms with E-state index in [0.717, 1.165) is 25.2 Å². The Morgan fingerprint density at radius 2 is 2.18 bits per heavy atom. The van der Waals surface area contributed by atoms with E-state index in [1.54, 1.807) is 0 Å². The Balaban J connectivity index is 2.21. The highest BCUT2D eigenvalue weighted by Crippen LogP contribution is 2.31. The summed E-state index contributed by atoms with van der Waals surface area (Å²) in [5.74, 6) is -0.236. The third kappa shape index (κ3) is 2.42. The van der Waals surface area contributed by atoms with Gasteiger partial charge in [-0.2, -0.15) is 0 Å². The average Bonchev–Trinajstić information content (AvgIpc) is 2.65. The molecule has 2 N–H and O–H groups in total. The van der Waals surface area contributed by atoms with E-state index in [-0.39, 0.29) is 11.9 Å². The quantitative estimate of drug-likeness (QED) is 0.822. The van der Waals surface area contributed by atoms with Gasteiger partial charge in [-0.25, -0.2) is 0 Å². The van der Waals surface area contributed by atoms with Gasteiger partial charge in [0.05, 0.1) is 0 Å². The molecule has 1 aliphatic rings. The van der Waals surface area contributed by atoms with Crippen LogP contribution in [0.5, 0.6) is 0 Å². The average molecular weight is 233 g/mol. The van der Waals surface area contributed by atoms with Crippen molar-refractivity contribution in [1.29, 1.82) is 0 Å². The van der Waals surface area contributed by atoms with Crippen molar-refractivity contribution in [3.8, 4) is 0 Å². The maximum Gasteiger partial charge on any atom is 0.240 e. The van der Waals surface area contributed by atoms with E-state index >= 15 is 0 Å². The zero-order chi connectivity index (χ0) is 12.4. The molecule has 0 aromatic heterocycles. The Bertz CT molecular complexity index is 417. The van der Waals surface area contributed by atoms with Gasteiger partial charge in [-0.3, -0.25) is 4.79 Å². The lowest BCUT2D eigenvalue weighted by Gasteiger charge is -2.26. The van der Waals surface area contributed by atoms with Gasteiger partial charge in [0.1, 0.15) is 6.04 Å². The predicted octanol–water partition coefficient (Wildman–Crippen LogP) is 0.465. The number of amides is 1. The molecule has 1 atom stereocenters. The second-order valence-electron chi connectivity index (χ2n) is 4.75. The molecule has 1 unspecified atom stereocenters. The minimum atomic E-state index is -0.236. The van der Waals surface area contributed by atoms with E-state index in [2.05, 4.69) is 21.9 Å². The van der Waals surface area contributed by atoms with Gasteiger partial charge in [0.25, 0.3) is 0 Å². The first-order valence-corrected chi connectivity index (χ1v) is 5.88. The highest BCUT2D eigenvalue weighted by Gasteiger charge is 2.32. The van der Waals surface area contributed by atoms with Crippen LogP contribution in [-0.4, -0.2) is 44.0 Å². The third-order valence-corrected chi connectivity index (χ3v) is 3.21. The summed E-state index contributed by atoms with van der Waals surface area (Å²) in [6, 6.07) is 7.96. The smallest absolute Gasteiger partial charge is 0.240 e. The maximum atomic E-state index is 11.5. The molecule has 1 aromatic carbocycles. The molecule has 1 amide bonds. The number of anilines is 1. The van der Waals surface area contributed by atoms with Gasteiger partial charge in [-0.1, -0.05) is 18.2 Å². The van der Waals surface area contributed by atoms with Crippen LogP contribution in [0.25, 0.3) is 0 Å². The van der Waals surface area contributed by atoms with Crippen LogP contribution in [0, 0.1) is 0 Å². The molecule has 0 radical (unpaired) electrons. The number of carbonyl (C=O) groups excluding carboxylic acids is 1. The van der Waals surface area contributed by atoms with Crippen LogP contribution in [-0.2, 0) is 11.2 Å². The lowest BCUT2D eigenvalue weighted by Crippen LogP contribution is -2.45. The Morgan fingerprint density at radius 3 is 2.82 bits per heavy atom. The van der Waals surface area contributed by atoms with E-state index in [4.69, 9.17) is 5.73 Å². The summed E-state index contributed by atoms with van der Waals surface area (Å²) in [5.41, 5.74) is 7.85. The van der Waals surface area contributed by atoms with Gasteiger partial charge in [-0.15, -0.1) is 0 Å². The minimum absolute atomic E-state index is 0.188. The molecule has 0 fully saturated rings. The molecule has 0 aliphatic carbocycles. The van der Waals surface area contributed by atoms with Gasteiger partial charge in [0, 0.05) is 25.2 Å². The summed E-state index contributed by atoms with van der Waals surface area (Å²) in [6.07, 6.45) is 0.735. The van der Waals surface area contributed by atoms with Crippen molar-refractivity contribution >= 4 is 11.6 Å². The summed E-state index contributed by atoms with van der Waals surface area (Å²) in [4.78, 5) is 15.7. The van der Waals surface area contributed by atoms with E-state index in [1.807, 2.05) is 26.2 Å².